The summed E-state index contributed by atoms with van der Waals surface area (Å²) in [6, 6.07) is 16.4. The highest BCUT2D eigenvalue weighted by Gasteiger charge is 2.06. The molecule has 0 aliphatic carbocycles. The monoisotopic (exact) mass is 290 g/mol. The summed E-state index contributed by atoms with van der Waals surface area (Å²) in [6.45, 7) is 0.542. The Morgan fingerprint density at radius 1 is 0.950 bits per heavy atom. The number of halogens is 1. The van der Waals surface area contributed by atoms with Crippen molar-refractivity contribution in [2.75, 3.05) is 13.2 Å². The summed E-state index contributed by atoms with van der Waals surface area (Å²) in [6.07, 6.45) is 0. The van der Waals surface area contributed by atoms with Crippen LogP contribution in [-0.2, 0) is 10.6 Å². The van der Waals surface area contributed by atoms with Crippen LogP contribution < -0.4 is 4.74 Å². The molecule has 4 heteroatoms. The maximum Gasteiger partial charge on any atom is 0.338 e. The molecule has 0 bridgehead atoms. The number of carbonyl (C=O) groups is 1. The molecule has 0 heterocycles. The minimum absolute atomic E-state index is 0.213. The first-order chi connectivity index (χ1) is 9.79. The molecule has 0 aliphatic rings. The van der Waals surface area contributed by atoms with E-state index in [0.29, 0.717) is 18.1 Å². The van der Waals surface area contributed by atoms with Crippen molar-refractivity contribution >= 4 is 17.6 Å². The molecule has 0 atom stereocenters. The highest BCUT2D eigenvalue weighted by molar-refractivity contribution is 6.17. The van der Waals surface area contributed by atoms with Gasteiger partial charge in [-0.15, -0.1) is 11.6 Å². The Hall–Kier alpha value is -2.00. The molecule has 0 N–H and O–H groups in total. The molecule has 2 aromatic carbocycles. The Morgan fingerprint density at radius 3 is 2.30 bits per heavy atom. The number of benzene rings is 2. The molecule has 0 radical (unpaired) electrons. The van der Waals surface area contributed by atoms with Crippen LogP contribution in [-0.4, -0.2) is 19.2 Å². The van der Waals surface area contributed by atoms with E-state index in [2.05, 4.69) is 0 Å². The zero-order valence-electron chi connectivity index (χ0n) is 10.9. The largest absolute Gasteiger partial charge is 0.490 e. The van der Waals surface area contributed by atoms with E-state index in [-0.39, 0.29) is 12.6 Å². The van der Waals surface area contributed by atoms with Crippen LogP contribution in [0, 0.1) is 0 Å². The van der Waals surface area contributed by atoms with E-state index in [1.165, 1.54) is 0 Å². The first-order valence-corrected chi connectivity index (χ1v) is 6.83. The SMILES string of the molecule is O=C(OCCOc1ccccc1)c1ccc(CCl)cc1. The van der Waals surface area contributed by atoms with Gasteiger partial charge in [0.15, 0.2) is 0 Å². The predicted molar refractivity (Wildman–Crippen MR) is 78.2 cm³/mol. The van der Waals surface area contributed by atoms with Crippen LogP contribution in [0.25, 0.3) is 0 Å². The smallest absolute Gasteiger partial charge is 0.338 e. The number of ether oxygens (including phenoxy) is 2. The Kier molecular flexibility index (Phi) is 5.44. The van der Waals surface area contributed by atoms with Gasteiger partial charge in [-0.25, -0.2) is 4.79 Å². The van der Waals surface area contributed by atoms with Gasteiger partial charge in [-0.05, 0) is 29.8 Å². The van der Waals surface area contributed by atoms with Crippen molar-refractivity contribution < 1.29 is 14.3 Å². The van der Waals surface area contributed by atoms with Gasteiger partial charge >= 0.3 is 5.97 Å². The molecule has 3 nitrogen and oxygen atoms in total. The fourth-order valence-electron chi connectivity index (χ4n) is 1.62. The van der Waals surface area contributed by atoms with E-state index in [0.717, 1.165) is 11.3 Å². The fraction of sp³-hybridized carbons (Fsp3) is 0.188. The van der Waals surface area contributed by atoms with E-state index in [4.69, 9.17) is 21.1 Å². The van der Waals surface area contributed by atoms with Gasteiger partial charge in [-0.2, -0.15) is 0 Å². The fourth-order valence-corrected chi connectivity index (χ4v) is 1.80. The van der Waals surface area contributed by atoms with Crippen molar-refractivity contribution in [1.29, 1.82) is 0 Å². The number of alkyl halides is 1. The molecule has 0 fully saturated rings. The second-order valence-corrected chi connectivity index (χ2v) is 4.40. The molecule has 0 amide bonds. The number of carbonyl (C=O) groups excluding carboxylic acids is 1. The maximum absolute atomic E-state index is 11.7. The van der Waals surface area contributed by atoms with E-state index >= 15 is 0 Å². The molecular formula is C16H15ClO3. The molecule has 0 unspecified atom stereocenters. The lowest BCUT2D eigenvalue weighted by Gasteiger charge is -2.07. The topological polar surface area (TPSA) is 35.5 Å². The van der Waals surface area contributed by atoms with Crippen molar-refractivity contribution in [2.24, 2.45) is 0 Å². The average molecular weight is 291 g/mol. The molecule has 2 rings (SSSR count). The molecule has 0 aliphatic heterocycles. The maximum atomic E-state index is 11.7. The van der Waals surface area contributed by atoms with E-state index in [1.54, 1.807) is 12.1 Å². The van der Waals surface area contributed by atoms with Crippen LogP contribution >= 0.6 is 11.6 Å². The molecule has 0 aromatic heterocycles. The van der Waals surface area contributed by atoms with Gasteiger partial charge in [-0.1, -0.05) is 30.3 Å². The van der Waals surface area contributed by atoms with E-state index < -0.39 is 0 Å². The molecular weight excluding hydrogens is 276 g/mol. The molecule has 20 heavy (non-hydrogen) atoms. The summed E-state index contributed by atoms with van der Waals surface area (Å²) in [5.41, 5.74) is 1.48. The van der Waals surface area contributed by atoms with Crippen molar-refractivity contribution in [2.45, 2.75) is 5.88 Å². The van der Waals surface area contributed by atoms with Gasteiger partial charge in [0.25, 0.3) is 0 Å². The summed E-state index contributed by atoms with van der Waals surface area (Å²) in [5, 5.41) is 0. The average Bonchev–Trinajstić information content (AvgIpc) is 2.52. The van der Waals surface area contributed by atoms with E-state index in [1.807, 2.05) is 42.5 Å². The van der Waals surface area contributed by atoms with Crippen molar-refractivity contribution in [3.05, 3.63) is 65.7 Å². The summed E-state index contributed by atoms with van der Waals surface area (Å²) in [7, 11) is 0. The summed E-state index contributed by atoms with van der Waals surface area (Å²) < 4.78 is 10.6. The van der Waals surface area contributed by atoms with Crippen molar-refractivity contribution in [1.82, 2.24) is 0 Å². The molecule has 0 saturated heterocycles. The van der Waals surface area contributed by atoms with Crippen LogP contribution in [0.5, 0.6) is 5.75 Å². The van der Waals surface area contributed by atoms with Crippen LogP contribution in [0.4, 0.5) is 0 Å². The van der Waals surface area contributed by atoms with Crippen LogP contribution in [0.1, 0.15) is 15.9 Å². The zero-order chi connectivity index (χ0) is 14.2. The van der Waals surface area contributed by atoms with Gasteiger partial charge < -0.3 is 9.47 Å². The highest BCUT2D eigenvalue weighted by atomic mass is 35.5. The standard InChI is InChI=1S/C16H15ClO3/c17-12-13-6-8-14(9-7-13)16(18)20-11-10-19-15-4-2-1-3-5-15/h1-9H,10-12H2. The second kappa shape index (κ2) is 7.56. The Labute approximate surface area is 123 Å². The normalized spacial score (nSPS) is 10.1. The molecule has 2 aromatic rings. The first-order valence-electron chi connectivity index (χ1n) is 6.29. The lowest BCUT2D eigenvalue weighted by atomic mass is 10.1. The number of esters is 1. The minimum Gasteiger partial charge on any atom is -0.490 e. The van der Waals surface area contributed by atoms with Gasteiger partial charge in [0.2, 0.25) is 0 Å². The zero-order valence-corrected chi connectivity index (χ0v) is 11.7. The number of para-hydroxylation sites is 1. The summed E-state index contributed by atoms with van der Waals surface area (Å²) in [5.74, 6) is 0.832. The van der Waals surface area contributed by atoms with Gasteiger partial charge in [0.1, 0.15) is 19.0 Å². The minimum atomic E-state index is -0.359. The second-order valence-electron chi connectivity index (χ2n) is 4.13. The van der Waals surface area contributed by atoms with Crippen LogP contribution in [0.15, 0.2) is 54.6 Å². The Bertz CT molecular complexity index is 537. The quantitative estimate of drug-likeness (QED) is 0.463. The Balaban J connectivity index is 1.74. The molecule has 0 spiro atoms. The molecule has 0 saturated carbocycles. The number of hydrogen-bond acceptors (Lipinski definition) is 3. The third kappa shape index (κ3) is 4.28. The van der Waals surface area contributed by atoms with Crippen molar-refractivity contribution in [3.63, 3.8) is 0 Å². The van der Waals surface area contributed by atoms with Gasteiger partial charge in [0.05, 0.1) is 5.56 Å². The molecule has 104 valence electrons. The number of rotatable bonds is 6. The first kappa shape index (κ1) is 14.4. The highest BCUT2D eigenvalue weighted by Crippen LogP contribution is 2.09. The summed E-state index contributed by atoms with van der Waals surface area (Å²) >= 11 is 5.69. The third-order valence-corrected chi connectivity index (χ3v) is 2.98. The lowest BCUT2D eigenvalue weighted by molar-refractivity contribution is 0.0450. The van der Waals surface area contributed by atoms with E-state index in [9.17, 15) is 4.79 Å². The predicted octanol–water partition coefficient (Wildman–Crippen LogP) is 3.66. The number of hydrogen-bond donors (Lipinski definition) is 0. The van der Waals surface area contributed by atoms with Crippen LogP contribution in [0.2, 0.25) is 0 Å². The van der Waals surface area contributed by atoms with Crippen molar-refractivity contribution in [3.8, 4) is 5.75 Å². The summed E-state index contributed by atoms with van der Waals surface area (Å²) in [4.78, 5) is 11.7. The van der Waals surface area contributed by atoms with Gasteiger partial charge in [-0.3, -0.25) is 0 Å². The Morgan fingerprint density at radius 2 is 1.65 bits per heavy atom. The lowest BCUT2D eigenvalue weighted by Crippen LogP contribution is -2.12. The van der Waals surface area contributed by atoms with Gasteiger partial charge in [0, 0.05) is 5.88 Å². The van der Waals surface area contributed by atoms with Crippen LogP contribution in [0.3, 0.4) is 0 Å². The third-order valence-electron chi connectivity index (χ3n) is 2.67.